The van der Waals surface area contributed by atoms with Crippen molar-refractivity contribution >= 4 is 15.4 Å². The number of hydrogen-bond donors (Lipinski definition) is 0. The van der Waals surface area contributed by atoms with E-state index in [1.807, 2.05) is 0 Å². The lowest BCUT2D eigenvalue weighted by Gasteiger charge is -1.90. The van der Waals surface area contributed by atoms with Crippen LogP contribution in [0.1, 0.15) is 0 Å². The van der Waals surface area contributed by atoms with Gasteiger partial charge in [0, 0.05) is 0 Å². The van der Waals surface area contributed by atoms with Gasteiger partial charge in [0.25, 0.3) is 9.84 Å². The van der Waals surface area contributed by atoms with Gasteiger partial charge in [-0.3, -0.25) is 0 Å². The van der Waals surface area contributed by atoms with Gasteiger partial charge in [-0.25, -0.2) is 8.42 Å². The van der Waals surface area contributed by atoms with Crippen molar-refractivity contribution < 1.29 is 13.2 Å². The second-order valence-electron chi connectivity index (χ2n) is 2.08. The van der Waals surface area contributed by atoms with Crippen LogP contribution in [0.15, 0.2) is 35.2 Å². The van der Waals surface area contributed by atoms with Crippen molar-refractivity contribution in [3.63, 3.8) is 0 Å². The van der Waals surface area contributed by atoms with Gasteiger partial charge in [0.2, 0.25) is 0 Å². The molecule has 1 rings (SSSR count). The van der Waals surface area contributed by atoms with Crippen molar-refractivity contribution in [2.45, 2.75) is 4.90 Å². The third-order valence-corrected chi connectivity index (χ3v) is 2.56. The Morgan fingerprint density at radius 2 is 1.83 bits per heavy atom. The Bertz CT molecular complexity index is 404. The first kappa shape index (κ1) is 8.64. The summed E-state index contributed by atoms with van der Waals surface area (Å²) in [5.41, 5.74) is 8.56. The van der Waals surface area contributed by atoms with E-state index in [1.165, 1.54) is 12.1 Å². The van der Waals surface area contributed by atoms with Gasteiger partial charge in [0.05, 0.1) is 4.90 Å². The van der Waals surface area contributed by atoms with Gasteiger partial charge >= 0.3 is 5.55 Å². The van der Waals surface area contributed by atoms with Crippen molar-refractivity contribution in [1.82, 2.24) is 0 Å². The number of nitrogens with zero attached hydrogens (tertiary/aromatic N) is 2. The number of benzene rings is 1. The molecule has 1 aromatic rings. The van der Waals surface area contributed by atoms with Gasteiger partial charge in [-0.1, -0.05) is 18.2 Å². The zero-order valence-corrected chi connectivity index (χ0v) is 6.90. The van der Waals surface area contributed by atoms with E-state index < -0.39 is 9.84 Å². The minimum Gasteiger partial charge on any atom is -0.361 e. The smallest absolute Gasteiger partial charge is 0.361 e. The maximum absolute atomic E-state index is 11.1. The zero-order valence-electron chi connectivity index (χ0n) is 6.08. The topological polar surface area (TPSA) is 70.5 Å². The molecule has 12 heavy (non-hydrogen) atoms. The highest BCUT2D eigenvalue weighted by molar-refractivity contribution is 8.04. The van der Waals surface area contributed by atoms with Crippen LogP contribution in [0.4, 0.5) is 0 Å². The van der Waals surface area contributed by atoms with Crippen molar-refractivity contribution in [2.24, 2.45) is 0 Å². The van der Waals surface area contributed by atoms with Gasteiger partial charge in [-0.05, 0) is 12.1 Å². The van der Waals surface area contributed by atoms with Crippen molar-refractivity contribution in [3.8, 4) is 0 Å². The van der Waals surface area contributed by atoms with Crippen LogP contribution in [0.5, 0.6) is 0 Å². The summed E-state index contributed by atoms with van der Waals surface area (Å²) < 4.78 is 22.2. The van der Waals surface area contributed by atoms with Crippen LogP contribution in [-0.2, 0) is 9.84 Å². The lowest BCUT2D eigenvalue weighted by Crippen LogP contribution is -2.01. The second-order valence-corrected chi connectivity index (χ2v) is 3.85. The molecule has 0 heterocycles. The van der Waals surface area contributed by atoms with E-state index in [9.17, 15) is 8.42 Å². The van der Waals surface area contributed by atoms with E-state index in [4.69, 9.17) is 5.53 Å². The van der Waals surface area contributed by atoms with E-state index in [-0.39, 0.29) is 4.90 Å². The van der Waals surface area contributed by atoms with Gasteiger partial charge in [0.1, 0.15) is 0 Å². The first-order valence-corrected chi connectivity index (χ1v) is 4.69. The third kappa shape index (κ3) is 1.78. The normalized spacial score (nSPS) is 10.3. The summed E-state index contributed by atoms with van der Waals surface area (Å²) in [6.45, 7) is 0. The largest absolute Gasteiger partial charge is 0.374 e. The molecule has 0 aliphatic heterocycles. The van der Waals surface area contributed by atoms with E-state index in [0.29, 0.717) is 5.55 Å². The predicted molar refractivity (Wildman–Crippen MR) is 43.3 cm³/mol. The fraction of sp³-hybridized carbons (Fsp3) is 0. The molecule has 62 valence electrons. The Morgan fingerprint density at radius 3 is 2.33 bits per heavy atom. The third-order valence-electron chi connectivity index (χ3n) is 1.26. The van der Waals surface area contributed by atoms with Crippen LogP contribution in [-0.4, -0.2) is 18.8 Å². The minimum atomic E-state index is -3.55. The number of hydrogen-bond acceptors (Lipinski definition) is 2. The molecule has 0 saturated carbocycles. The average Bonchev–Trinajstić information content (AvgIpc) is 2.06. The minimum absolute atomic E-state index is 0.114. The first-order valence-electron chi connectivity index (χ1n) is 3.14. The molecule has 0 aliphatic carbocycles. The average molecular weight is 182 g/mol. The highest BCUT2D eigenvalue weighted by Gasteiger charge is 2.14. The Hall–Kier alpha value is -1.45. The standard InChI is InChI=1S/C7H6N2O2S/c8-9-6-12(10,11)7-4-2-1-3-5-7/h1-6H. The van der Waals surface area contributed by atoms with Gasteiger partial charge in [-0.2, -0.15) is 4.79 Å². The predicted octanol–water partition coefficient (Wildman–Crippen LogP) is 0.718. The summed E-state index contributed by atoms with van der Waals surface area (Å²) in [5, 5.41) is 0. The van der Waals surface area contributed by atoms with E-state index in [0.717, 1.165) is 0 Å². The fourth-order valence-corrected chi connectivity index (χ4v) is 1.52. The van der Waals surface area contributed by atoms with Crippen LogP contribution < -0.4 is 0 Å². The molecular weight excluding hydrogens is 176 g/mol. The maximum atomic E-state index is 11.1. The molecule has 0 fully saturated rings. The Labute approximate surface area is 70.0 Å². The molecule has 0 radical (unpaired) electrons. The molecule has 4 nitrogen and oxygen atoms in total. The van der Waals surface area contributed by atoms with E-state index >= 15 is 0 Å². The zero-order chi connectivity index (χ0) is 9.03. The molecule has 0 unspecified atom stereocenters. The quantitative estimate of drug-likeness (QED) is 0.292. The Kier molecular flexibility index (Phi) is 2.38. The summed E-state index contributed by atoms with van der Waals surface area (Å²) in [6, 6.07) is 7.75. The monoisotopic (exact) mass is 182 g/mol. The number of sulfone groups is 1. The second kappa shape index (κ2) is 3.30. The fourth-order valence-electron chi connectivity index (χ4n) is 0.733. The first-order chi connectivity index (χ1) is 5.67. The van der Waals surface area contributed by atoms with Crippen LogP contribution in [0, 0.1) is 0 Å². The summed E-state index contributed by atoms with van der Waals surface area (Å²) in [5.74, 6) is 0. The maximum Gasteiger partial charge on any atom is 0.374 e. The molecule has 1 aromatic carbocycles. The summed E-state index contributed by atoms with van der Waals surface area (Å²) >= 11 is 0. The van der Waals surface area contributed by atoms with Crippen molar-refractivity contribution in [2.75, 3.05) is 0 Å². The Balaban J connectivity index is 3.25. The van der Waals surface area contributed by atoms with Crippen molar-refractivity contribution in [3.05, 3.63) is 35.9 Å². The lowest BCUT2D eigenvalue weighted by molar-refractivity contribution is 0.00754. The summed E-state index contributed by atoms with van der Waals surface area (Å²) in [4.78, 5) is 2.58. The molecular formula is C7H6N2O2S. The molecule has 0 aromatic heterocycles. The van der Waals surface area contributed by atoms with E-state index in [2.05, 4.69) is 4.79 Å². The lowest BCUT2D eigenvalue weighted by atomic mass is 10.4. The molecule has 0 N–H and O–H groups in total. The van der Waals surface area contributed by atoms with Crippen molar-refractivity contribution in [1.29, 1.82) is 0 Å². The van der Waals surface area contributed by atoms with Gasteiger partial charge in [-0.15, -0.1) is 0 Å². The molecule has 5 heteroatoms. The highest BCUT2D eigenvalue weighted by atomic mass is 32.2. The summed E-state index contributed by atoms with van der Waals surface area (Å²) in [6.07, 6.45) is 0. The van der Waals surface area contributed by atoms with Crippen LogP contribution in [0.3, 0.4) is 0 Å². The molecule has 0 aliphatic rings. The number of rotatable bonds is 2. The van der Waals surface area contributed by atoms with Crippen LogP contribution in [0.2, 0.25) is 0 Å². The summed E-state index contributed by atoms with van der Waals surface area (Å²) in [7, 11) is -3.55. The molecule has 0 atom stereocenters. The molecule has 0 amide bonds. The molecule has 0 bridgehead atoms. The van der Waals surface area contributed by atoms with E-state index in [1.54, 1.807) is 18.2 Å². The van der Waals surface area contributed by atoms with Crippen LogP contribution in [0.25, 0.3) is 5.53 Å². The van der Waals surface area contributed by atoms with Gasteiger partial charge < -0.3 is 5.53 Å². The highest BCUT2D eigenvalue weighted by Crippen LogP contribution is 2.06. The molecule has 0 spiro atoms. The van der Waals surface area contributed by atoms with Gasteiger partial charge in [0.15, 0.2) is 0 Å². The SMILES string of the molecule is [N-]=[N+]=CS(=O)(=O)c1ccccc1. The Morgan fingerprint density at radius 1 is 1.25 bits per heavy atom. The van der Waals surface area contributed by atoms with Crippen LogP contribution >= 0.6 is 0 Å². The molecule has 0 saturated heterocycles.